The standard InChI is InChI=1S/C6H6O2S.C2H6/c7-6(8)4-5-2-1-3-9-5;1-2/h1-3H,4H2,(H,7,8);1-2H3. The molecule has 0 bridgehead atoms. The molecule has 0 amide bonds. The van der Waals surface area contributed by atoms with Gasteiger partial charge in [0.25, 0.3) is 0 Å². The predicted octanol–water partition coefficient (Wildman–Crippen LogP) is 2.40. The van der Waals surface area contributed by atoms with E-state index in [4.69, 9.17) is 5.11 Å². The van der Waals surface area contributed by atoms with Crippen molar-refractivity contribution in [1.29, 1.82) is 0 Å². The highest BCUT2D eigenvalue weighted by atomic mass is 32.1. The third kappa shape index (κ3) is 4.56. The highest BCUT2D eigenvalue weighted by Crippen LogP contribution is 2.08. The number of thiophene rings is 1. The van der Waals surface area contributed by atoms with E-state index in [1.54, 1.807) is 0 Å². The Balaban J connectivity index is 0.000000461. The molecule has 3 heteroatoms. The van der Waals surface area contributed by atoms with Gasteiger partial charge < -0.3 is 5.11 Å². The molecule has 0 aliphatic rings. The molecule has 1 N–H and O–H groups in total. The number of hydrogen-bond donors (Lipinski definition) is 1. The number of carbonyl (C=O) groups is 1. The molecule has 0 unspecified atom stereocenters. The van der Waals surface area contributed by atoms with Crippen molar-refractivity contribution >= 4 is 17.3 Å². The molecule has 2 nitrogen and oxygen atoms in total. The summed E-state index contributed by atoms with van der Waals surface area (Å²) >= 11 is 1.47. The van der Waals surface area contributed by atoms with Gasteiger partial charge in [-0.15, -0.1) is 11.3 Å². The van der Waals surface area contributed by atoms with Crippen molar-refractivity contribution in [2.24, 2.45) is 0 Å². The summed E-state index contributed by atoms with van der Waals surface area (Å²) in [4.78, 5) is 11.0. The van der Waals surface area contributed by atoms with Crippen LogP contribution in [0.2, 0.25) is 0 Å². The number of carboxylic acid groups (broad SMARTS) is 1. The average molecular weight is 172 g/mol. The summed E-state index contributed by atoms with van der Waals surface area (Å²) in [5, 5.41) is 10.2. The highest BCUT2D eigenvalue weighted by Gasteiger charge is 1.98. The molecule has 0 spiro atoms. The molecular formula is C8H12O2S. The van der Waals surface area contributed by atoms with Crippen molar-refractivity contribution < 1.29 is 9.90 Å². The normalized spacial score (nSPS) is 8.18. The van der Waals surface area contributed by atoms with Gasteiger partial charge >= 0.3 is 5.97 Å². The smallest absolute Gasteiger partial charge is 0.308 e. The minimum Gasteiger partial charge on any atom is -0.481 e. The third-order valence-electron chi connectivity index (χ3n) is 0.906. The van der Waals surface area contributed by atoms with Crippen LogP contribution in [0.1, 0.15) is 18.7 Å². The van der Waals surface area contributed by atoms with E-state index >= 15 is 0 Å². The maximum Gasteiger partial charge on any atom is 0.308 e. The second-order valence-corrected chi connectivity index (χ2v) is 2.68. The average Bonchev–Trinajstić information content (AvgIpc) is 2.43. The summed E-state index contributed by atoms with van der Waals surface area (Å²) < 4.78 is 0. The molecule has 0 atom stereocenters. The van der Waals surface area contributed by atoms with Gasteiger partial charge in [0.05, 0.1) is 6.42 Å². The lowest BCUT2D eigenvalue weighted by molar-refractivity contribution is -0.136. The van der Waals surface area contributed by atoms with Crippen molar-refractivity contribution in [2.45, 2.75) is 20.3 Å². The lowest BCUT2D eigenvalue weighted by Crippen LogP contribution is -1.96. The van der Waals surface area contributed by atoms with Crippen molar-refractivity contribution in [3.63, 3.8) is 0 Å². The SMILES string of the molecule is CC.O=C(O)Cc1cccs1. The molecule has 0 fully saturated rings. The minimum absolute atomic E-state index is 0.150. The zero-order valence-corrected chi connectivity index (χ0v) is 7.52. The van der Waals surface area contributed by atoms with E-state index in [9.17, 15) is 4.79 Å². The molecule has 0 aliphatic carbocycles. The topological polar surface area (TPSA) is 37.3 Å². The van der Waals surface area contributed by atoms with Crippen LogP contribution in [0.15, 0.2) is 17.5 Å². The summed E-state index contributed by atoms with van der Waals surface area (Å²) in [6, 6.07) is 3.67. The Labute approximate surface area is 70.5 Å². The summed E-state index contributed by atoms with van der Waals surface area (Å²) in [7, 11) is 0. The Morgan fingerprint density at radius 2 is 2.27 bits per heavy atom. The second-order valence-electron chi connectivity index (χ2n) is 1.65. The van der Waals surface area contributed by atoms with Crippen LogP contribution >= 0.6 is 11.3 Å². The number of rotatable bonds is 2. The van der Waals surface area contributed by atoms with E-state index in [1.165, 1.54) is 11.3 Å². The molecule has 0 saturated carbocycles. The van der Waals surface area contributed by atoms with Gasteiger partial charge in [-0.1, -0.05) is 19.9 Å². The van der Waals surface area contributed by atoms with Gasteiger partial charge in [-0.3, -0.25) is 4.79 Å². The molecule has 0 aromatic carbocycles. The van der Waals surface area contributed by atoms with Crippen LogP contribution in [0.4, 0.5) is 0 Å². The Morgan fingerprint density at radius 1 is 1.64 bits per heavy atom. The summed E-state index contributed by atoms with van der Waals surface area (Å²) in [5.41, 5.74) is 0. The first-order chi connectivity index (χ1) is 5.29. The Bertz CT molecular complexity index is 192. The quantitative estimate of drug-likeness (QED) is 0.743. The van der Waals surface area contributed by atoms with Gasteiger partial charge in [-0.05, 0) is 11.4 Å². The number of hydrogen-bond acceptors (Lipinski definition) is 2. The van der Waals surface area contributed by atoms with Gasteiger partial charge in [-0.2, -0.15) is 0 Å². The third-order valence-corrected chi connectivity index (χ3v) is 1.78. The predicted molar refractivity (Wildman–Crippen MR) is 47.0 cm³/mol. The van der Waals surface area contributed by atoms with E-state index in [1.807, 2.05) is 31.4 Å². The fraction of sp³-hybridized carbons (Fsp3) is 0.375. The van der Waals surface area contributed by atoms with Crippen molar-refractivity contribution in [3.05, 3.63) is 22.4 Å². The summed E-state index contributed by atoms with van der Waals surface area (Å²) in [6.45, 7) is 4.00. The molecule has 0 radical (unpaired) electrons. The monoisotopic (exact) mass is 172 g/mol. The molecule has 0 aliphatic heterocycles. The molecule has 1 aromatic rings. The fourth-order valence-corrected chi connectivity index (χ4v) is 1.26. The van der Waals surface area contributed by atoms with Crippen molar-refractivity contribution in [3.8, 4) is 0 Å². The molecule has 1 rings (SSSR count). The lowest BCUT2D eigenvalue weighted by atomic mass is 10.3. The molecule has 0 saturated heterocycles. The molecule has 11 heavy (non-hydrogen) atoms. The van der Waals surface area contributed by atoms with E-state index in [2.05, 4.69) is 0 Å². The summed E-state index contributed by atoms with van der Waals surface area (Å²) in [6.07, 6.45) is 0.150. The van der Waals surface area contributed by atoms with Crippen LogP contribution in [0.3, 0.4) is 0 Å². The van der Waals surface area contributed by atoms with Gasteiger partial charge in [0.1, 0.15) is 0 Å². The first-order valence-electron chi connectivity index (χ1n) is 3.53. The largest absolute Gasteiger partial charge is 0.481 e. The van der Waals surface area contributed by atoms with Gasteiger partial charge in [-0.25, -0.2) is 0 Å². The van der Waals surface area contributed by atoms with Gasteiger partial charge in [0.15, 0.2) is 0 Å². The second kappa shape index (κ2) is 5.92. The van der Waals surface area contributed by atoms with Gasteiger partial charge in [0, 0.05) is 4.88 Å². The van der Waals surface area contributed by atoms with Crippen molar-refractivity contribution in [2.75, 3.05) is 0 Å². The molecule has 1 aromatic heterocycles. The Kier molecular flexibility index (Phi) is 5.47. The van der Waals surface area contributed by atoms with Crippen LogP contribution in [-0.4, -0.2) is 11.1 Å². The van der Waals surface area contributed by atoms with E-state index in [0.717, 1.165) is 4.88 Å². The van der Waals surface area contributed by atoms with Crippen LogP contribution in [0, 0.1) is 0 Å². The van der Waals surface area contributed by atoms with Crippen LogP contribution in [0.25, 0.3) is 0 Å². The van der Waals surface area contributed by atoms with E-state index in [-0.39, 0.29) is 6.42 Å². The number of aliphatic carboxylic acids is 1. The Hall–Kier alpha value is -0.830. The first kappa shape index (κ1) is 10.2. The van der Waals surface area contributed by atoms with Crippen molar-refractivity contribution in [1.82, 2.24) is 0 Å². The lowest BCUT2D eigenvalue weighted by Gasteiger charge is -1.85. The van der Waals surface area contributed by atoms with E-state index < -0.39 is 5.97 Å². The van der Waals surface area contributed by atoms with Crippen LogP contribution < -0.4 is 0 Å². The van der Waals surface area contributed by atoms with E-state index in [0.29, 0.717) is 0 Å². The minimum atomic E-state index is -0.766. The molecule has 1 heterocycles. The summed E-state index contributed by atoms with van der Waals surface area (Å²) in [5.74, 6) is -0.766. The van der Waals surface area contributed by atoms with Gasteiger partial charge in [0.2, 0.25) is 0 Å². The highest BCUT2D eigenvalue weighted by molar-refractivity contribution is 7.10. The maximum absolute atomic E-state index is 10.1. The van der Waals surface area contributed by atoms with Crippen LogP contribution in [0.5, 0.6) is 0 Å². The number of carboxylic acids is 1. The zero-order valence-electron chi connectivity index (χ0n) is 6.70. The fourth-order valence-electron chi connectivity index (χ4n) is 0.562. The zero-order chi connectivity index (χ0) is 8.69. The first-order valence-corrected chi connectivity index (χ1v) is 4.41. The molecule has 62 valence electrons. The van der Waals surface area contributed by atoms with Crippen LogP contribution in [-0.2, 0) is 11.2 Å². The maximum atomic E-state index is 10.1. The Morgan fingerprint density at radius 3 is 2.64 bits per heavy atom. The molecular weight excluding hydrogens is 160 g/mol.